The van der Waals surface area contributed by atoms with Crippen molar-refractivity contribution in [3.8, 4) is 0 Å². The van der Waals surface area contributed by atoms with E-state index >= 15 is 0 Å². The Morgan fingerprint density at radius 1 is 0.833 bits per heavy atom. The van der Waals surface area contributed by atoms with Crippen LogP contribution in [0.3, 0.4) is 0 Å². The molecule has 1 aliphatic carbocycles. The molecule has 24 heavy (non-hydrogen) atoms. The lowest BCUT2D eigenvalue weighted by Crippen LogP contribution is -2.52. The van der Waals surface area contributed by atoms with Crippen molar-refractivity contribution in [3.63, 3.8) is 0 Å². The summed E-state index contributed by atoms with van der Waals surface area (Å²) in [6.07, 6.45) is 3.40. The predicted octanol–water partition coefficient (Wildman–Crippen LogP) is 3.19. The third kappa shape index (κ3) is 4.67. The van der Waals surface area contributed by atoms with Crippen molar-refractivity contribution in [2.24, 2.45) is 17.8 Å². The standard InChI is InChI=1S/C16H36O6Si2/c1-13-9-10-15(11-16(13)24(20-6,21-7)22-8)14(2)12-23(17-3,18-4)19-5/h13-16H,9-12H2,1-8H3. The zero-order chi connectivity index (χ0) is 18.4. The zero-order valence-corrected chi connectivity index (χ0v) is 18.6. The summed E-state index contributed by atoms with van der Waals surface area (Å²) in [7, 11) is 4.96. The van der Waals surface area contributed by atoms with Gasteiger partial charge in [0, 0.05) is 54.2 Å². The first-order valence-corrected chi connectivity index (χ1v) is 12.4. The van der Waals surface area contributed by atoms with Crippen molar-refractivity contribution in [1.29, 1.82) is 0 Å². The van der Waals surface area contributed by atoms with E-state index in [9.17, 15) is 0 Å². The molecule has 8 heteroatoms. The Morgan fingerprint density at radius 3 is 1.75 bits per heavy atom. The van der Waals surface area contributed by atoms with Crippen LogP contribution in [0.2, 0.25) is 11.6 Å². The lowest BCUT2D eigenvalue weighted by atomic mass is 9.77. The Hall–Kier alpha value is 0.194. The van der Waals surface area contributed by atoms with E-state index in [1.807, 2.05) is 0 Å². The zero-order valence-electron chi connectivity index (χ0n) is 16.6. The minimum absolute atomic E-state index is 0.322. The van der Waals surface area contributed by atoms with Gasteiger partial charge < -0.3 is 26.6 Å². The molecule has 0 heterocycles. The molecule has 0 spiro atoms. The lowest BCUT2D eigenvalue weighted by Gasteiger charge is -2.43. The molecule has 4 unspecified atom stereocenters. The van der Waals surface area contributed by atoms with E-state index in [1.165, 1.54) is 6.42 Å². The van der Waals surface area contributed by atoms with Crippen LogP contribution in [0.1, 0.15) is 33.1 Å². The van der Waals surface area contributed by atoms with Gasteiger partial charge in [-0.1, -0.05) is 20.3 Å². The lowest BCUT2D eigenvalue weighted by molar-refractivity contribution is 0.0778. The van der Waals surface area contributed by atoms with Gasteiger partial charge in [-0.25, -0.2) is 0 Å². The van der Waals surface area contributed by atoms with Gasteiger partial charge in [-0.3, -0.25) is 0 Å². The van der Waals surface area contributed by atoms with Gasteiger partial charge in [-0.05, 0) is 30.6 Å². The SMILES string of the molecule is CO[Si](CC(C)C1CCC(C)C([Si](OC)(OC)OC)C1)(OC)OC. The maximum Gasteiger partial charge on any atom is 0.503 e. The van der Waals surface area contributed by atoms with Crippen LogP contribution in [-0.4, -0.2) is 60.3 Å². The van der Waals surface area contributed by atoms with Crippen LogP contribution in [0.5, 0.6) is 0 Å². The molecule has 0 saturated heterocycles. The number of hydrogen-bond acceptors (Lipinski definition) is 6. The molecule has 144 valence electrons. The third-order valence-electron chi connectivity index (χ3n) is 5.85. The highest BCUT2D eigenvalue weighted by atomic mass is 28.4. The first-order chi connectivity index (χ1) is 11.4. The van der Waals surface area contributed by atoms with E-state index < -0.39 is 17.6 Å². The Labute approximate surface area is 149 Å². The van der Waals surface area contributed by atoms with E-state index in [2.05, 4.69) is 13.8 Å². The first kappa shape index (κ1) is 22.2. The Kier molecular flexibility index (Phi) is 9.05. The second-order valence-electron chi connectivity index (χ2n) is 6.85. The summed E-state index contributed by atoms with van der Waals surface area (Å²) < 4.78 is 34.1. The third-order valence-corrected chi connectivity index (χ3v) is 12.3. The molecule has 0 bridgehead atoms. The fourth-order valence-corrected chi connectivity index (χ4v) is 9.11. The molecule has 0 N–H and O–H groups in total. The predicted molar refractivity (Wildman–Crippen MR) is 97.8 cm³/mol. The minimum atomic E-state index is -2.63. The van der Waals surface area contributed by atoms with Crippen LogP contribution in [0, 0.1) is 17.8 Å². The number of rotatable bonds is 10. The smallest absolute Gasteiger partial charge is 0.377 e. The highest BCUT2D eigenvalue weighted by Crippen LogP contribution is 2.47. The normalized spacial score (nSPS) is 27.2. The van der Waals surface area contributed by atoms with Crippen LogP contribution in [0.4, 0.5) is 0 Å². The topological polar surface area (TPSA) is 55.4 Å². The van der Waals surface area contributed by atoms with Crippen molar-refractivity contribution in [2.75, 3.05) is 42.7 Å². The fourth-order valence-electron chi connectivity index (χ4n) is 4.13. The van der Waals surface area contributed by atoms with Gasteiger partial charge in [0.25, 0.3) is 0 Å². The molecule has 0 aromatic carbocycles. The molecule has 1 fully saturated rings. The molecule has 0 aromatic heterocycles. The molecule has 6 nitrogen and oxygen atoms in total. The van der Waals surface area contributed by atoms with E-state index in [0.717, 1.165) is 18.9 Å². The second-order valence-corrected chi connectivity index (χ2v) is 13.0. The maximum atomic E-state index is 5.77. The fraction of sp³-hybridized carbons (Fsp3) is 1.00. The molecule has 4 atom stereocenters. The minimum Gasteiger partial charge on any atom is -0.377 e. The van der Waals surface area contributed by atoms with Crippen LogP contribution >= 0.6 is 0 Å². The summed E-state index contributed by atoms with van der Waals surface area (Å²) in [5.41, 5.74) is 0.322. The molecule has 0 aliphatic heterocycles. The number of hydrogen-bond donors (Lipinski definition) is 0. The molecule has 0 amide bonds. The first-order valence-electron chi connectivity index (χ1n) is 8.68. The second kappa shape index (κ2) is 9.77. The molecule has 1 aliphatic rings. The Balaban J connectivity index is 2.87. The molecule has 1 rings (SSSR count). The van der Waals surface area contributed by atoms with Gasteiger partial charge in [0.05, 0.1) is 0 Å². The van der Waals surface area contributed by atoms with Crippen molar-refractivity contribution in [2.45, 2.75) is 44.7 Å². The van der Waals surface area contributed by atoms with Crippen LogP contribution in [-0.2, 0) is 26.6 Å². The highest BCUT2D eigenvalue weighted by Gasteiger charge is 2.53. The van der Waals surface area contributed by atoms with E-state index in [0.29, 0.717) is 23.3 Å². The largest absolute Gasteiger partial charge is 0.503 e. The maximum absolute atomic E-state index is 5.77. The summed E-state index contributed by atoms with van der Waals surface area (Å²) in [5.74, 6) is 1.55. The molecule has 1 saturated carbocycles. The van der Waals surface area contributed by atoms with Crippen molar-refractivity contribution < 1.29 is 26.6 Å². The summed E-state index contributed by atoms with van der Waals surface area (Å²) in [4.78, 5) is 0. The summed E-state index contributed by atoms with van der Waals surface area (Å²) in [5, 5.41) is 0. The average molecular weight is 381 g/mol. The van der Waals surface area contributed by atoms with Crippen molar-refractivity contribution in [1.82, 2.24) is 0 Å². The van der Waals surface area contributed by atoms with Gasteiger partial charge in [0.2, 0.25) is 0 Å². The van der Waals surface area contributed by atoms with Gasteiger partial charge in [0.15, 0.2) is 0 Å². The van der Waals surface area contributed by atoms with Gasteiger partial charge >= 0.3 is 17.6 Å². The molecular weight excluding hydrogens is 344 g/mol. The summed E-state index contributed by atoms with van der Waals surface area (Å²) in [6.45, 7) is 4.55. The van der Waals surface area contributed by atoms with E-state index in [-0.39, 0.29) is 0 Å². The van der Waals surface area contributed by atoms with Gasteiger partial charge in [-0.2, -0.15) is 0 Å². The highest BCUT2D eigenvalue weighted by molar-refractivity contribution is 6.62. The van der Waals surface area contributed by atoms with Crippen molar-refractivity contribution in [3.05, 3.63) is 0 Å². The molecular formula is C16H36O6Si2. The van der Waals surface area contributed by atoms with Crippen LogP contribution < -0.4 is 0 Å². The van der Waals surface area contributed by atoms with Gasteiger partial charge in [0.1, 0.15) is 0 Å². The summed E-state index contributed by atoms with van der Waals surface area (Å²) >= 11 is 0. The van der Waals surface area contributed by atoms with E-state index in [1.54, 1.807) is 42.7 Å². The van der Waals surface area contributed by atoms with Crippen LogP contribution in [0.25, 0.3) is 0 Å². The monoisotopic (exact) mass is 380 g/mol. The Morgan fingerprint density at radius 2 is 1.33 bits per heavy atom. The Bertz CT molecular complexity index is 346. The molecule has 0 aromatic rings. The molecule has 0 radical (unpaired) electrons. The average Bonchev–Trinajstić information content (AvgIpc) is 2.63. The summed E-state index contributed by atoms with van der Waals surface area (Å²) in [6, 6.07) is 0.823. The van der Waals surface area contributed by atoms with Crippen LogP contribution in [0.15, 0.2) is 0 Å². The van der Waals surface area contributed by atoms with E-state index in [4.69, 9.17) is 26.6 Å². The van der Waals surface area contributed by atoms with Gasteiger partial charge in [-0.15, -0.1) is 0 Å². The van der Waals surface area contributed by atoms with Crippen molar-refractivity contribution >= 4 is 17.6 Å². The quantitative estimate of drug-likeness (QED) is 0.543.